The van der Waals surface area contributed by atoms with Crippen molar-refractivity contribution in [2.75, 3.05) is 38.6 Å². The number of anilines is 1. The van der Waals surface area contributed by atoms with E-state index in [1.54, 1.807) is 12.1 Å². The van der Waals surface area contributed by atoms with Crippen molar-refractivity contribution in [1.82, 2.24) is 24.9 Å². The number of pyridine rings is 1. The largest absolute Gasteiger partial charge is 0.487 e. The van der Waals surface area contributed by atoms with E-state index in [0.717, 1.165) is 23.5 Å². The number of nitrogens with zero attached hydrogens (tertiary/aromatic N) is 6. The Morgan fingerprint density at radius 2 is 2.02 bits per heavy atom. The normalized spacial score (nSPS) is 17.7. The third-order valence-electron chi connectivity index (χ3n) is 7.94. The molecule has 5 rings (SSSR count). The summed E-state index contributed by atoms with van der Waals surface area (Å²) in [6.45, 7) is 4.33. The van der Waals surface area contributed by atoms with E-state index in [1.165, 1.54) is 25.4 Å². The van der Waals surface area contributed by atoms with Crippen LogP contribution in [0.5, 0.6) is 5.75 Å². The van der Waals surface area contributed by atoms with Gasteiger partial charge in [-0.15, -0.1) is 20.6 Å². The maximum absolute atomic E-state index is 14.8. The number of halogens is 1. The number of nitrogen functional groups attached to an aromatic ring is 1. The molecule has 0 spiro atoms. The predicted octanol–water partition coefficient (Wildman–Crippen LogP) is -0.452. The fourth-order valence-electron chi connectivity index (χ4n) is 5.27. The van der Waals surface area contributed by atoms with Crippen molar-refractivity contribution >= 4 is 50.4 Å². The monoisotopic (exact) mass is 754 g/mol. The average molecular weight is 755 g/mol. The summed E-state index contributed by atoms with van der Waals surface area (Å²) in [5.41, 5.74) is 9.83. The predicted molar refractivity (Wildman–Crippen MR) is 174 cm³/mol. The van der Waals surface area contributed by atoms with Crippen LogP contribution in [-0.2, 0) is 51.7 Å². The van der Waals surface area contributed by atoms with Crippen molar-refractivity contribution < 1.29 is 55.0 Å². The Hall–Kier alpha value is -4.70. The molecule has 1 atom stereocenters. The molecule has 0 aromatic carbocycles. The van der Waals surface area contributed by atoms with E-state index in [2.05, 4.69) is 24.7 Å². The molecule has 3 aromatic rings. The van der Waals surface area contributed by atoms with Gasteiger partial charge in [0.15, 0.2) is 41.0 Å². The van der Waals surface area contributed by atoms with Crippen molar-refractivity contribution in [3.05, 3.63) is 47.6 Å². The number of oxime groups is 1. The molecule has 0 saturated carbocycles. The number of nitrogens with one attached hydrogen (secondary N) is 1. The molecule has 2 fully saturated rings. The number of Topliss-reactive ketones (excluding diaryl/α,β-unsaturated/α-hetero) is 1. The number of alkyl halides is 1. The van der Waals surface area contributed by atoms with E-state index < -0.39 is 39.2 Å². The van der Waals surface area contributed by atoms with Crippen LogP contribution in [0.25, 0.3) is 5.82 Å². The van der Waals surface area contributed by atoms with Crippen molar-refractivity contribution in [2.45, 2.75) is 50.9 Å². The SMILES string of the molecule is CC1(C)[C@H](CC(=O)/C(=N\OCCOc2ccc(-[n+]3cc(CCCN)n(CC4(F)CNC4)c3)nc2)c2csc(N)n2)C(=O)N1OS(=O)(=O)O.O=C=O. The van der Waals surface area contributed by atoms with Crippen LogP contribution >= 0.6 is 11.3 Å². The number of aromatic nitrogens is 4. The average Bonchev–Trinajstić information content (AvgIpc) is 3.67. The molecule has 2 saturated heterocycles. The number of imidazole rings is 1. The molecule has 1 amide bonds. The maximum Gasteiger partial charge on any atom is 0.418 e. The Labute approximate surface area is 295 Å². The van der Waals surface area contributed by atoms with Crippen molar-refractivity contribution in [1.29, 1.82) is 0 Å². The second-order valence-corrected chi connectivity index (χ2v) is 13.9. The zero-order valence-electron chi connectivity index (χ0n) is 27.6. The number of ketones is 1. The second kappa shape index (κ2) is 16.5. The molecule has 0 radical (unpaired) electrons. The number of aryl methyl sites for hydroxylation is 1. The first-order valence-electron chi connectivity index (χ1n) is 15.3. The Morgan fingerprint density at radius 1 is 1.29 bits per heavy atom. The van der Waals surface area contributed by atoms with Gasteiger partial charge in [-0.2, -0.15) is 23.1 Å². The minimum atomic E-state index is -4.94. The standard InChI is InChI=1S/C28H36FN9O8S2.CO2/c1-27(2)20(25(40)38(27)46-48(41,42)43)10-22(39)24(21-13-47-26(31)34-21)35-45-9-8-44-19-5-6-23(33-11-19)36-12-18(4-3-7-30)37(17-36)16-28(29)14-32-15-28;2-1-3/h5-6,11-13,17,20,32H,3-4,7-10,14-16,30H2,1-2H3,(H2-,31,34,41,42,43);/p+1/b35-24-;/t20-;/m1./s1. The van der Waals surface area contributed by atoms with Gasteiger partial charge >= 0.3 is 16.6 Å². The van der Waals surface area contributed by atoms with Gasteiger partial charge in [-0.05, 0) is 32.9 Å². The molecular weight excluding hydrogens is 718 g/mol. The van der Waals surface area contributed by atoms with Crippen molar-refractivity contribution in [3.8, 4) is 11.6 Å². The molecule has 2 aliphatic rings. The highest BCUT2D eigenvalue weighted by molar-refractivity contribution is 7.80. The lowest BCUT2D eigenvalue weighted by molar-refractivity contribution is -0.599. The number of thiazole rings is 1. The zero-order valence-corrected chi connectivity index (χ0v) is 29.2. The molecule has 5 heterocycles. The number of β-lactam (4-membered cyclic amide) rings is 1. The van der Waals surface area contributed by atoms with Gasteiger partial charge in [-0.3, -0.25) is 18.7 Å². The van der Waals surface area contributed by atoms with E-state index in [1.807, 2.05) is 21.7 Å². The molecule has 22 heteroatoms. The smallest absolute Gasteiger partial charge is 0.418 e. The highest BCUT2D eigenvalue weighted by Crippen LogP contribution is 2.40. The van der Waals surface area contributed by atoms with Gasteiger partial charge in [-0.1, -0.05) is 5.16 Å². The summed E-state index contributed by atoms with van der Waals surface area (Å²) in [6.07, 6.45) is 6.64. The minimum Gasteiger partial charge on any atom is -0.487 e. The number of carbonyl (C=O) groups is 2. The Bertz CT molecular complexity index is 1870. The van der Waals surface area contributed by atoms with Crippen LogP contribution in [0.4, 0.5) is 9.52 Å². The molecule has 2 aliphatic heterocycles. The summed E-state index contributed by atoms with van der Waals surface area (Å²) in [7, 11) is -4.94. The van der Waals surface area contributed by atoms with Gasteiger partial charge in [0.25, 0.3) is 11.7 Å². The summed E-state index contributed by atoms with van der Waals surface area (Å²) in [5, 5.41) is 9.11. The van der Waals surface area contributed by atoms with Crippen LogP contribution in [0, 0.1) is 5.92 Å². The first kappa shape index (κ1) is 39.1. The first-order valence-corrected chi connectivity index (χ1v) is 17.6. The van der Waals surface area contributed by atoms with E-state index in [-0.39, 0.29) is 48.9 Å². The Kier molecular flexibility index (Phi) is 12.7. The fourth-order valence-corrected chi connectivity index (χ4v) is 6.27. The lowest BCUT2D eigenvalue weighted by Gasteiger charge is -2.50. The summed E-state index contributed by atoms with van der Waals surface area (Å²) < 4.78 is 59.8. The third-order valence-corrected chi connectivity index (χ3v) is 8.95. The molecule has 0 unspecified atom stereocenters. The lowest BCUT2D eigenvalue weighted by Crippen LogP contribution is -2.68. The van der Waals surface area contributed by atoms with Gasteiger partial charge in [0.05, 0.1) is 11.5 Å². The van der Waals surface area contributed by atoms with Gasteiger partial charge in [-0.25, -0.2) is 13.9 Å². The van der Waals surface area contributed by atoms with Crippen molar-refractivity contribution in [3.63, 3.8) is 0 Å². The fraction of sp³-hybridized carbons (Fsp3) is 0.483. The van der Waals surface area contributed by atoms with Gasteiger partial charge in [0, 0.05) is 37.4 Å². The number of carbonyl (C=O) groups excluding carboxylic acids is 4. The van der Waals surface area contributed by atoms with Gasteiger partial charge in [0.2, 0.25) is 0 Å². The van der Waals surface area contributed by atoms with Crippen LogP contribution in [0.2, 0.25) is 0 Å². The molecule has 51 heavy (non-hydrogen) atoms. The molecule has 3 aromatic heterocycles. The number of hydroxylamine groups is 2. The summed E-state index contributed by atoms with van der Waals surface area (Å²) in [4.78, 5) is 55.9. The van der Waals surface area contributed by atoms with Gasteiger partial charge < -0.3 is 26.4 Å². The first-order chi connectivity index (χ1) is 24.1. The highest BCUT2D eigenvalue weighted by Gasteiger charge is 2.57. The lowest BCUT2D eigenvalue weighted by atomic mass is 9.74. The summed E-state index contributed by atoms with van der Waals surface area (Å²) in [5.74, 6) is -1.32. The van der Waals surface area contributed by atoms with Crippen LogP contribution < -0.4 is 26.1 Å². The Balaban J connectivity index is 0.00000188. The zero-order chi connectivity index (χ0) is 37.4. The number of rotatable bonds is 17. The highest BCUT2D eigenvalue weighted by atomic mass is 32.3. The van der Waals surface area contributed by atoms with Crippen molar-refractivity contribution in [2.24, 2.45) is 16.8 Å². The molecule has 6 N–H and O–H groups in total. The maximum atomic E-state index is 14.8. The number of nitrogens with two attached hydrogens (primary N) is 2. The summed E-state index contributed by atoms with van der Waals surface area (Å²) >= 11 is 1.08. The molecule has 0 aliphatic carbocycles. The van der Waals surface area contributed by atoms with Crippen LogP contribution in [0.15, 0.2) is 41.4 Å². The van der Waals surface area contributed by atoms with E-state index in [0.29, 0.717) is 42.7 Å². The topological polar surface area (TPSA) is 265 Å². The number of amides is 1. The van der Waals surface area contributed by atoms with E-state index in [9.17, 15) is 22.4 Å². The van der Waals surface area contributed by atoms with Crippen LogP contribution in [0.3, 0.4) is 0 Å². The van der Waals surface area contributed by atoms with Gasteiger partial charge in [0.1, 0.15) is 36.9 Å². The second-order valence-electron chi connectivity index (χ2n) is 12.0. The summed E-state index contributed by atoms with van der Waals surface area (Å²) in [6, 6.07) is 3.48. The van der Waals surface area contributed by atoms with E-state index >= 15 is 0 Å². The Morgan fingerprint density at radius 3 is 2.57 bits per heavy atom. The number of hydrogen-bond acceptors (Lipinski definition) is 16. The number of hydrogen-bond donors (Lipinski definition) is 4. The van der Waals surface area contributed by atoms with Crippen LogP contribution in [-0.4, -0.2) is 100 Å². The number of ether oxygens (including phenoxy) is 1. The van der Waals surface area contributed by atoms with E-state index in [4.69, 9.17) is 35.2 Å². The van der Waals surface area contributed by atoms with Crippen LogP contribution in [0.1, 0.15) is 38.1 Å². The molecule has 0 bridgehead atoms. The molecular formula is C29H37FN9O10S2+. The third kappa shape index (κ3) is 9.97. The minimum absolute atomic E-state index is 0.0423. The molecule has 19 nitrogen and oxygen atoms in total. The quantitative estimate of drug-likeness (QED) is 0.0340. The molecule has 276 valence electrons.